The Balaban J connectivity index is 1.67. The smallest absolute Gasteiger partial charge is 0.337 e. The molecule has 0 bridgehead atoms. The second-order valence-corrected chi connectivity index (χ2v) is 6.71. The molecule has 0 aromatic heterocycles. The Hall–Kier alpha value is -2.41. The largest absolute Gasteiger partial charge is 0.465 e. The highest BCUT2D eigenvalue weighted by molar-refractivity contribution is 6.01. The first-order chi connectivity index (χ1) is 12.5. The van der Waals surface area contributed by atoms with Gasteiger partial charge < -0.3 is 19.4 Å². The summed E-state index contributed by atoms with van der Waals surface area (Å²) in [5.74, 6) is -0.796. The van der Waals surface area contributed by atoms with Crippen molar-refractivity contribution < 1.29 is 19.1 Å². The molecule has 0 spiro atoms. The van der Waals surface area contributed by atoms with E-state index in [-0.39, 0.29) is 24.2 Å². The van der Waals surface area contributed by atoms with Crippen molar-refractivity contribution in [2.24, 2.45) is 5.92 Å². The maximum absolute atomic E-state index is 12.8. The predicted octanol–water partition coefficient (Wildman–Crippen LogP) is 0.990. The molecule has 140 valence electrons. The Morgan fingerprint density at radius 3 is 2.58 bits per heavy atom. The van der Waals surface area contributed by atoms with Crippen LogP contribution in [0.1, 0.15) is 23.7 Å². The normalized spacial score (nSPS) is 21.2. The number of carbonyl (C=O) groups is 3. The first kappa shape index (κ1) is 18.4. The van der Waals surface area contributed by atoms with E-state index in [1.54, 1.807) is 29.2 Å². The first-order valence-electron chi connectivity index (χ1n) is 9.03. The van der Waals surface area contributed by atoms with Crippen molar-refractivity contribution in [1.29, 1.82) is 0 Å². The molecule has 2 saturated heterocycles. The number of piperazine rings is 1. The lowest BCUT2D eigenvalue weighted by atomic mass is 10.1. The Labute approximate surface area is 153 Å². The topological polar surface area (TPSA) is 70.2 Å². The van der Waals surface area contributed by atoms with Crippen LogP contribution in [0.25, 0.3) is 0 Å². The molecule has 7 nitrogen and oxygen atoms in total. The molecule has 0 aliphatic carbocycles. The van der Waals surface area contributed by atoms with Crippen molar-refractivity contribution in [2.45, 2.75) is 13.3 Å². The molecule has 0 N–H and O–H groups in total. The number of hydrogen-bond donors (Lipinski definition) is 0. The summed E-state index contributed by atoms with van der Waals surface area (Å²) < 4.78 is 4.73. The minimum absolute atomic E-state index is 0.0562. The summed E-state index contributed by atoms with van der Waals surface area (Å²) in [6.45, 7) is 6.67. The number of anilines is 1. The van der Waals surface area contributed by atoms with E-state index >= 15 is 0 Å². The van der Waals surface area contributed by atoms with E-state index in [9.17, 15) is 14.4 Å². The molecule has 2 aliphatic rings. The molecule has 2 aliphatic heterocycles. The molecule has 2 heterocycles. The third kappa shape index (κ3) is 3.72. The van der Waals surface area contributed by atoms with Crippen LogP contribution in [-0.2, 0) is 14.3 Å². The lowest BCUT2D eigenvalue weighted by molar-refractivity contribution is -0.137. The van der Waals surface area contributed by atoms with E-state index in [0.717, 1.165) is 32.7 Å². The van der Waals surface area contributed by atoms with Gasteiger partial charge in [-0.1, -0.05) is 13.0 Å². The van der Waals surface area contributed by atoms with Crippen LogP contribution in [0, 0.1) is 5.92 Å². The van der Waals surface area contributed by atoms with Crippen LogP contribution < -0.4 is 4.90 Å². The van der Waals surface area contributed by atoms with Gasteiger partial charge in [-0.15, -0.1) is 0 Å². The fourth-order valence-electron chi connectivity index (χ4n) is 3.58. The third-order valence-electron chi connectivity index (χ3n) is 5.18. The second kappa shape index (κ2) is 7.86. The van der Waals surface area contributed by atoms with Gasteiger partial charge in [0.1, 0.15) is 0 Å². The minimum Gasteiger partial charge on any atom is -0.465 e. The zero-order valence-electron chi connectivity index (χ0n) is 15.3. The number of hydrogen-bond acceptors (Lipinski definition) is 5. The van der Waals surface area contributed by atoms with Crippen molar-refractivity contribution in [3.8, 4) is 0 Å². The van der Waals surface area contributed by atoms with Gasteiger partial charge in [-0.2, -0.15) is 0 Å². The number of esters is 1. The Bertz CT molecular complexity index is 698. The highest BCUT2D eigenvalue weighted by Crippen LogP contribution is 2.27. The number of benzene rings is 1. The van der Waals surface area contributed by atoms with Crippen molar-refractivity contribution in [3.63, 3.8) is 0 Å². The number of methoxy groups -OCH3 is 1. The summed E-state index contributed by atoms with van der Waals surface area (Å²) in [6, 6.07) is 6.77. The summed E-state index contributed by atoms with van der Waals surface area (Å²) >= 11 is 0. The maximum Gasteiger partial charge on any atom is 0.337 e. The van der Waals surface area contributed by atoms with Crippen LogP contribution in [0.2, 0.25) is 0 Å². The molecule has 7 heteroatoms. The van der Waals surface area contributed by atoms with Gasteiger partial charge in [0.15, 0.2) is 0 Å². The summed E-state index contributed by atoms with van der Waals surface area (Å²) in [4.78, 5) is 42.7. The molecule has 2 amide bonds. The van der Waals surface area contributed by atoms with Crippen LogP contribution in [0.5, 0.6) is 0 Å². The molecule has 0 radical (unpaired) electrons. The van der Waals surface area contributed by atoms with E-state index in [0.29, 0.717) is 17.8 Å². The Kier molecular flexibility index (Phi) is 5.56. The van der Waals surface area contributed by atoms with Gasteiger partial charge in [-0.05, 0) is 24.7 Å². The van der Waals surface area contributed by atoms with Crippen LogP contribution >= 0.6 is 0 Å². The molecule has 3 rings (SSSR count). The standard InChI is InChI=1S/C19H25N3O4/c1-3-20-7-9-21(10-8-20)18(24)15-12-17(23)22(13-15)16-6-4-5-14(11-16)19(25)26-2/h4-6,11,15H,3,7-10,12-13H2,1-2H3. The number of likely N-dealkylation sites (N-methyl/N-ethyl adjacent to an activating group) is 1. The van der Waals surface area contributed by atoms with Gasteiger partial charge in [0.2, 0.25) is 11.8 Å². The first-order valence-corrected chi connectivity index (χ1v) is 9.03. The van der Waals surface area contributed by atoms with Gasteiger partial charge in [0.25, 0.3) is 0 Å². The highest BCUT2D eigenvalue weighted by Gasteiger charge is 2.38. The summed E-state index contributed by atoms with van der Waals surface area (Å²) in [6.07, 6.45) is 0.218. The zero-order chi connectivity index (χ0) is 18.7. The SMILES string of the molecule is CCN1CCN(C(=O)C2CC(=O)N(c3cccc(C(=O)OC)c3)C2)CC1. The molecule has 2 fully saturated rings. The van der Waals surface area contributed by atoms with E-state index in [4.69, 9.17) is 4.74 Å². The molecule has 1 unspecified atom stereocenters. The maximum atomic E-state index is 12.8. The Morgan fingerprint density at radius 1 is 1.19 bits per heavy atom. The number of amides is 2. The lowest BCUT2D eigenvalue weighted by Gasteiger charge is -2.35. The van der Waals surface area contributed by atoms with E-state index in [1.807, 2.05) is 4.90 Å². The van der Waals surface area contributed by atoms with E-state index in [2.05, 4.69) is 11.8 Å². The van der Waals surface area contributed by atoms with E-state index < -0.39 is 5.97 Å². The van der Waals surface area contributed by atoms with Crippen LogP contribution in [0.4, 0.5) is 5.69 Å². The minimum atomic E-state index is -0.445. The van der Waals surface area contributed by atoms with Gasteiger partial charge in [-0.3, -0.25) is 9.59 Å². The molecule has 26 heavy (non-hydrogen) atoms. The van der Waals surface area contributed by atoms with Gasteiger partial charge in [0, 0.05) is 44.8 Å². The number of rotatable bonds is 4. The van der Waals surface area contributed by atoms with Crippen molar-refractivity contribution in [2.75, 3.05) is 51.3 Å². The zero-order valence-corrected chi connectivity index (χ0v) is 15.3. The average molecular weight is 359 g/mol. The van der Waals surface area contributed by atoms with Crippen molar-refractivity contribution >= 4 is 23.5 Å². The fraction of sp³-hybridized carbons (Fsp3) is 0.526. The van der Waals surface area contributed by atoms with Crippen LogP contribution in [0.15, 0.2) is 24.3 Å². The van der Waals surface area contributed by atoms with Crippen molar-refractivity contribution in [1.82, 2.24) is 9.80 Å². The number of nitrogens with zero attached hydrogens (tertiary/aromatic N) is 3. The highest BCUT2D eigenvalue weighted by atomic mass is 16.5. The predicted molar refractivity (Wildman–Crippen MR) is 96.9 cm³/mol. The van der Waals surface area contributed by atoms with Gasteiger partial charge in [-0.25, -0.2) is 4.79 Å². The Morgan fingerprint density at radius 2 is 1.92 bits per heavy atom. The average Bonchev–Trinajstić information content (AvgIpc) is 3.08. The van der Waals surface area contributed by atoms with E-state index in [1.165, 1.54) is 7.11 Å². The third-order valence-corrected chi connectivity index (χ3v) is 5.18. The molecular weight excluding hydrogens is 334 g/mol. The number of carbonyl (C=O) groups excluding carboxylic acids is 3. The molecule has 1 aromatic carbocycles. The summed E-state index contributed by atoms with van der Waals surface area (Å²) in [5.41, 5.74) is 1.02. The number of ether oxygens (including phenoxy) is 1. The van der Waals surface area contributed by atoms with Gasteiger partial charge >= 0.3 is 5.97 Å². The fourth-order valence-corrected chi connectivity index (χ4v) is 3.58. The lowest BCUT2D eigenvalue weighted by Crippen LogP contribution is -2.50. The molecule has 1 aromatic rings. The molecular formula is C19H25N3O4. The monoisotopic (exact) mass is 359 g/mol. The summed E-state index contributed by atoms with van der Waals surface area (Å²) in [5, 5.41) is 0. The second-order valence-electron chi connectivity index (χ2n) is 6.71. The van der Waals surface area contributed by atoms with Gasteiger partial charge in [0.05, 0.1) is 18.6 Å². The summed E-state index contributed by atoms with van der Waals surface area (Å²) in [7, 11) is 1.32. The molecule has 0 saturated carbocycles. The molecule has 1 atom stereocenters. The van der Waals surface area contributed by atoms with Crippen LogP contribution in [-0.4, -0.2) is 74.0 Å². The van der Waals surface area contributed by atoms with Crippen molar-refractivity contribution in [3.05, 3.63) is 29.8 Å². The quantitative estimate of drug-likeness (QED) is 0.750. The van der Waals surface area contributed by atoms with Crippen LogP contribution in [0.3, 0.4) is 0 Å².